The third-order valence-electron chi connectivity index (χ3n) is 2.24. The molecule has 0 N–H and O–H groups in total. The Morgan fingerprint density at radius 2 is 1.71 bits per heavy atom. The van der Waals surface area contributed by atoms with Crippen molar-refractivity contribution >= 4 is 7.53 Å². The summed E-state index contributed by atoms with van der Waals surface area (Å²) in [4.78, 5) is 0. The minimum Gasteiger partial charge on any atom is -0.223 e. The van der Waals surface area contributed by atoms with E-state index in [4.69, 9.17) is 0 Å². The quantitative estimate of drug-likeness (QED) is 0.470. The minimum atomic E-state index is -0.268. The van der Waals surface area contributed by atoms with Crippen LogP contribution in [0.2, 0.25) is 0 Å². The second-order valence-electron chi connectivity index (χ2n) is 3.25. The SMILES string of the molecule is Cc1[c-]p(-c2ccccc2)cc1C.[Li+]. The van der Waals surface area contributed by atoms with Crippen molar-refractivity contribution in [2.75, 3.05) is 0 Å². The first-order chi connectivity index (χ1) is 6.27. The molecule has 0 amide bonds. The van der Waals surface area contributed by atoms with Crippen LogP contribution in [0.1, 0.15) is 11.1 Å². The van der Waals surface area contributed by atoms with Gasteiger partial charge in [0.2, 0.25) is 0 Å². The maximum Gasteiger partial charge on any atom is 1.00 e. The molecule has 1 heterocycles. The van der Waals surface area contributed by atoms with Crippen molar-refractivity contribution < 1.29 is 18.9 Å². The fraction of sp³-hybridized carbons (Fsp3) is 0.167. The molecule has 0 aliphatic heterocycles. The van der Waals surface area contributed by atoms with E-state index in [9.17, 15) is 0 Å². The Morgan fingerprint density at radius 1 is 1.07 bits per heavy atom. The Morgan fingerprint density at radius 3 is 2.21 bits per heavy atom. The average molecular weight is 194 g/mol. The molecule has 1 atom stereocenters. The van der Waals surface area contributed by atoms with Crippen molar-refractivity contribution in [3.8, 4) is 5.30 Å². The molecule has 0 nitrogen and oxygen atoms in total. The fourth-order valence-corrected chi connectivity index (χ4v) is 3.27. The largest absolute Gasteiger partial charge is 1.00 e. The minimum absolute atomic E-state index is 0. The standard InChI is InChI=1S/C12H12P.Li/c1-10-8-13(9-11(10)2)12-6-4-3-5-7-12;/h3-8H,1-2H3;/q-1;+1. The number of rotatable bonds is 1. The van der Waals surface area contributed by atoms with E-state index in [2.05, 4.69) is 55.8 Å². The molecule has 0 spiro atoms. The Bertz CT molecular complexity index is 384. The van der Waals surface area contributed by atoms with Gasteiger partial charge in [-0.15, -0.1) is 0 Å². The smallest absolute Gasteiger partial charge is 0.223 e. The Kier molecular flexibility index (Phi) is 4.08. The molecule has 14 heavy (non-hydrogen) atoms. The van der Waals surface area contributed by atoms with Crippen LogP contribution in [-0.2, 0) is 0 Å². The third kappa shape index (κ3) is 2.34. The number of hydrogen-bond acceptors (Lipinski definition) is 0. The molecule has 0 aliphatic carbocycles. The summed E-state index contributed by atoms with van der Waals surface area (Å²) in [6, 6.07) is 10.6. The summed E-state index contributed by atoms with van der Waals surface area (Å²) in [5.74, 6) is 5.84. The van der Waals surface area contributed by atoms with Gasteiger partial charge in [-0.05, 0) is 5.30 Å². The topological polar surface area (TPSA) is 0 Å². The van der Waals surface area contributed by atoms with Crippen molar-refractivity contribution in [1.82, 2.24) is 0 Å². The predicted molar refractivity (Wildman–Crippen MR) is 58.8 cm³/mol. The summed E-state index contributed by atoms with van der Waals surface area (Å²) in [7, 11) is -0.268. The van der Waals surface area contributed by atoms with Crippen LogP contribution >= 0.6 is 7.53 Å². The molecule has 66 valence electrons. The maximum absolute atomic E-state index is 3.51. The zero-order valence-electron chi connectivity index (χ0n) is 8.91. The first-order valence-corrected chi connectivity index (χ1v) is 5.82. The zero-order chi connectivity index (χ0) is 9.26. The van der Waals surface area contributed by atoms with Crippen LogP contribution in [0.3, 0.4) is 0 Å². The van der Waals surface area contributed by atoms with Crippen molar-refractivity contribution in [3.63, 3.8) is 0 Å². The van der Waals surface area contributed by atoms with E-state index in [-0.39, 0.29) is 26.4 Å². The average Bonchev–Trinajstić information content (AvgIpc) is 2.49. The molecule has 0 bridgehead atoms. The molecule has 2 heteroatoms. The maximum atomic E-state index is 3.51. The third-order valence-corrected chi connectivity index (χ3v) is 4.31. The molecule has 0 saturated heterocycles. The summed E-state index contributed by atoms with van der Waals surface area (Å²) < 4.78 is 0. The van der Waals surface area contributed by atoms with Gasteiger partial charge in [0.1, 0.15) is 0 Å². The Balaban J connectivity index is 0.000000980. The molecule has 0 radical (unpaired) electrons. The van der Waals surface area contributed by atoms with E-state index in [0.717, 1.165) is 0 Å². The first-order valence-electron chi connectivity index (χ1n) is 4.40. The molecular formula is C12H12LiP. The van der Waals surface area contributed by atoms with Gasteiger partial charge >= 0.3 is 18.9 Å². The zero-order valence-corrected chi connectivity index (χ0v) is 9.81. The van der Waals surface area contributed by atoms with Gasteiger partial charge in [-0.2, -0.15) is 22.7 Å². The van der Waals surface area contributed by atoms with E-state index in [1.165, 1.54) is 16.4 Å². The second kappa shape index (κ2) is 4.90. The van der Waals surface area contributed by atoms with Crippen LogP contribution < -0.4 is 18.9 Å². The second-order valence-corrected chi connectivity index (χ2v) is 4.99. The van der Waals surface area contributed by atoms with Gasteiger partial charge in [0.15, 0.2) is 0 Å². The summed E-state index contributed by atoms with van der Waals surface area (Å²) in [6.07, 6.45) is 0. The van der Waals surface area contributed by atoms with Crippen LogP contribution in [0.4, 0.5) is 0 Å². The van der Waals surface area contributed by atoms with Crippen LogP contribution in [0, 0.1) is 19.6 Å². The van der Waals surface area contributed by atoms with Crippen LogP contribution in [-0.4, -0.2) is 0 Å². The van der Waals surface area contributed by atoms with Gasteiger partial charge in [-0.1, -0.05) is 44.2 Å². The van der Waals surface area contributed by atoms with Gasteiger partial charge < -0.3 is 0 Å². The van der Waals surface area contributed by atoms with Gasteiger partial charge in [-0.3, -0.25) is 0 Å². The van der Waals surface area contributed by atoms with Gasteiger partial charge in [0, 0.05) is 0 Å². The van der Waals surface area contributed by atoms with E-state index in [1.807, 2.05) is 0 Å². The molecule has 0 aliphatic rings. The summed E-state index contributed by atoms with van der Waals surface area (Å²) >= 11 is 0. The van der Waals surface area contributed by atoms with E-state index >= 15 is 0 Å². The predicted octanol–water partition coefficient (Wildman–Crippen LogP) is 1.08. The molecule has 2 aromatic rings. The summed E-state index contributed by atoms with van der Waals surface area (Å²) in [6.45, 7) is 4.30. The normalized spacial score (nSPS) is 10.9. The molecule has 1 aromatic heterocycles. The van der Waals surface area contributed by atoms with E-state index < -0.39 is 0 Å². The van der Waals surface area contributed by atoms with Crippen molar-refractivity contribution in [3.05, 3.63) is 53.1 Å². The fourth-order valence-electron chi connectivity index (χ4n) is 1.32. The molecule has 1 unspecified atom stereocenters. The van der Waals surface area contributed by atoms with Crippen molar-refractivity contribution in [2.24, 2.45) is 0 Å². The number of aryl methyl sites for hydroxylation is 2. The molecule has 0 fully saturated rings. The first kappa shape index (κ1) is 11.7. The Hall–Kier alpha value is -0.403. The molecule has 1 aromatic carbocycles. The van der Waals surface area contributed by atoms with Gasteiger partial charge in [0.05, 0.1) is 0 Å². The van der Waals surface area contributed by atoms with Gasteiger partial charge in [-0.25, -0.2) is 7.53 Å². The monoisotopic (exact) mass is 194 g/mol. The summed E-state index contributed by atoms with van der Waals surface area (Å²) in [5.41, 5.74) is 2.70. The van der Waals surface area contributed by atoms with Gasteiger partial charge in [0.25, 0.3) is 0 Å². The molecule has 0 saturated carbocycles. The van der Waals surface area contributed by atoms with E-state index in [1.54, 1.807) is 0 Å². The molecular weight excluding hydrogens is 182 g/mol. The van der Waals surface area contributed by atoms with E-state index in [0.29, 0.717) is 0 Å². The van der Waals surface area contributed by atoms with Crippen LogP contribution in [0.5, 0.6) is 0 Å². The van der Waals surface area contributed by atoms with Crippen molar-refractivity contribution in [2.45, 2.75) is 13.8 Å². The van der Waals surface area contributed by atoms with Crippen LogP contribution in [0.15, 0.2) is 36.1 Å². The Labute approximate surface area is 98.6 Å². The summed E-state index contributed by atoms with van der Waals surface area (Å²) in [5, 5.41) is 1.40. The van der Waals surface area contributed by atoms with Crippen LogP contribution in [0.25, 0.3) is 5.30 Å². The number of benzene rings is 1. The molecule has 2 rings (SSSR count). The number of hydrogen-bond donors (Lipinski definition) is 0. The van der Waals surface area contributed by atoms with Crippen molar-refractivity contribution in [1.29, 1.82) is 0 Å².